The van der Waals surface area contributed by atoms with Crippen molar-refractivity contribution >= 4 is 11.7 Å². The molecular formula is C19H27N5O2. The summed E-state index contributed by atoms with van der Waals surface area (Å²) < 4.78 is 1.78. The number of hydrogen-bond donors (Lipinski definition) is 1. The summed E-state index contributed by atoms with van der Waals surface area (Å²) in [6.07, 6.45) is 6.13. The average molecular weight is 357 g/mol. The normalized spacial score (nSPS) is 20.2. The maximum atomic E-state index is 12.5. The van der Waals surface area contributed by atoms with Gasteiger partial charge in [-0.1, -0.05) is 6.07 Å². The van der Waals surface area contributed by atoms with E-state index in [1.54, 1.807) is 29.0 Å². The number of aryl methyl sites for hydroxylation is 2. The van der Waals surface area contributed by atoms with E-state index in [0.717, 1.165) is 24.5 Å². The Morgan fingerprint density at radius 2 is 2.19 bits per heavy atom. The summed E-state index contributed by atoms with van der Waals surface area (Å²) in [5, 5.41) is 15.2. The molecule has 2 aromatic rings. The van der Waals surface area contributed by atoms with Gasteiger partial charge in [0.1, 0.15) is 5.82 Å². The molecule has 1 amide bonds. The molecule has 0 spiro atoms. The fourth-order valence-electron chi connectivity index (χ4n) is 3.58. The Hall–Kier alpha value is -2.41. The zero-order valence-electron chi connectivity index (χ0n) is 15.5. The second kappa shape index (κ2) is 7.86. The molecule has 0 aliphatic carbocycles. The molecule has 1 aliphatic heterocycles. The third-order valence-electron chi connectivity index (χ3n) is 5.00. The molecule has 2 aromatic heterocycles. The van der Waals surface area contributed by atoms with Gasteiger partial charge in [-0.3, -0.25) is 9.48 Å². The molecule has 1 saturated heterocycles. The average Bonchev–Trinajstić information content (AvgIpc) is 3.05. The van der Waals surface area contributed by atoms with Crippen molar-refractivity contribution in [2.75, 3.05) is 31.6 Å². The summed E-state index contributed by atoms with van der Waals surface area (Å²) in [5.74, 6) is 0.908. The van der Waals surface area contributed by atoms with E-state index < -0.39 is 5.60 Å². The Balaban J connectivity index is 1.56. The van der Waals surface area contributed by atoms with E-state index >= 15 is 0 Å². The maximum absolute atomic E-state index is 12.5. The fourth-order valence-corrected chi connectivity index (χ4v) is 3.58. The number of aromatic nitrogens is 3. The highest BCUT2D eigenvalue weighted by Gasteiger charge is 2.35. The molecule has 1 fully saturated rings. The molecule has 3 heterocycles. The molecule has 0 bridgehead atoms. The first-order valence-electron chi connectivity index (χ1n) is 9.06. The highest BCUT2D eigenvalue weighted by molar-refractivity contribution is 5.76. The van der Waals surface area contributed by atoms with Gasteiger partial charge in [0.05, 0.1) is 12.1 Å². The SMILES string of the molecule is CN(C[C@@]1(O)CCCN(c2ccccn2)C1)C(=O)CCc1ccnn1C. The van der Waals surface area contributed by atoms with Crippen LogP contribution >= 0.6 is 0 Å². The molecular weight excluding hydrogens is 330 g/mol. The Kier molecular flexibility index (Phi) is 5.56. The molecule has 7 heteroatoms. The quantitative estimate of drug-likeness (QED) is 0.842. The topological polar surface area (TPSA) is 74.5 Å². The number of aliphatic hydroxyl groups is 1. The van der Waals surface area contributed by atoms with Gasteiger partial charge in [-0.25, -0.2) is 4.98 Å². The summed E-state index contributed by atoms with van der Waals surface area (Å²) >= 11 is 0. The first-order valence-corrected chi connectivity index (χ1v) is 9.06. The van der Waals surface area contributed by atoms with Crippen molar-refractivity contribution in [3.05, 3.63) is 42.4 Å². The molecule has 0 unspecified atom stereocenters. The van der Waals surface area contributed by atoms with Crippen LogP contribution in [0.5, 0.6) is 0 Å². The van der Waals surface area contributed by atoms with Crippen LogP contribution in [0.15, 0.2) is 36.7 Å². The molecule has 1 atom stereocenters. The van der Waals surface area contributed by atoms with Gasteiger partial charge in [0.25, 0.3) is 0 Å². The van der Waals surface area contributed by atoms with Crippen LogP contribution in [0.4, 0.5) is 5.82 Å². The molecule has 26 heavy (non-hydrogen) atoms. The number of rotatable bonds is 6. The monoisotopic (exact) mass is 357 g/mol. The number of amides is 1. The zero-order chi connectivity index (χ0) is 18.6. The lowest BCUT2D eigenvalue weighted by Gasteiger charge is -2.41. The zero-order valence-corrected chi connectivity index (χ0v) is 15.5. The second-order valence-electron chi connectivity index (χ2n) is 7.13. The number of anilines is 1. The summed E-state index contributed by atoms with van der Waals surface area (Å²) in [7, 11) is 3.64. The number of piperidine rings is 1. The van der Waals surface area contributed by atoms with Crippen LogP contribution < -0.4 is 4.90 Å². The lowest BCUT2D eigenvalue weighted by molar-refractivity contribution is -0.133. The second-order valence-corrected chi connectivity index (χ2v) is 7.13. The number of hydrogen-bond acceptors (Lipinski definition) is 5. The smallest absolute Gasteiger partial charge is 0.222 e. The molecule has 0 radical (unpaired) electrons. The third-order valence-corrected chi connectivity index (χ3v) is 5.00. The minimum Gasteiger partial charge on any atom is -0.386 e. The van der Waals surface area contributed by atoms with E-state index in [2.05, 4.69) is 15.0 Å². The van der Waals surface area contributed by atoms with Crippen molar-refractivity contribution in [2.45, 2.75) is 31.3 Å². The molecule has 0 aromatic carbocycles. The molecule has 0 saturated carbocycles. The number of carbonyl (C=O) groups excluding carboxylic acids is 1. The van der Waals surface area contributed by atoms with Gasteiger partial charge < -0.3 is 14.9 Å². The van der Waals surface area contributed by atoms with E-state index in [-0.39, 0.29) is 5.91 Å². The number of likely N-dealkylation sites (N-methyl/N-ethyl adjacent to an activating group) is 1. The van der Waals surface area contributed by atoms with Crippen LogP contribution in [-0.4, -0.2) is 63.0 Å². The van der Waals surface area contributed by atoms with E-state index in [4.69, 9.17) is 0 Å². The predicted molar refractivity (Wildman–Crippen MR) is 99.8 cm³/mol. The van der Waals surface area contributed by atoms with Crippen LogP contribution in [0.1, 0.15) is 25.0 Å². The molecule has 3 rings (SSSR count). The standard InChI is InChI=1S/C19H27N5O2/c1-22(18(25)8-7-16-9-12-21-23(16)2)14-19(26)10-5-13-24(15-19)17-6-3-4-11-20-17/h3-4,6,9,11-12,26H,5,7-8,10,13-15H2,1-2H3/t19-/m0/s1. The van der Waals surface area contributed by atoms with Crippen LogP contribution in [0.25, 0.3) is 0 Å². The van der Waals surface area contributed by atoms with E-state index in [1.807, 2.05) is 31.3 Å². The van der Waals surface area contributed by atoms with Crippen molar-refractivity contribution in [1.82, 2.24) is 19.7 Å². The summed E-state index contributed by atoms with van der Waals surface area (Å²) in [6.45, 7) is 1.70. The van der Waals surface area contributed by atoms with E-state index in [9.17, 15) is 9.90 Å². The summed E-state index contributed by atoms with van der Waals surface area (Å²) in [5.41, 5.74) is 0.122. The largest absolute Gasteiger partial charge is 0.386 e. The minimum atomic E-state index is -0.910. The van der Waals surface area contributed by atoms with Crippen LogP contribution in [0, 0.1) is 0 Å². The Labute approximate surface area is 154 Å². The van der Waals surface area contributed by atoms with E-state index in [1.165, 1.54) is 0 Å². The number of carbonyl (C=O) groups is 1. The van der Waals surface area contributed by atoms with E-state index in [0.29, 0.717) is 32.4 Å². The first-order chi connectivity index (χ1) is 12.5. The lowest BCUT2D eigenvalue weighted by atomic mass is 9.92. The highest BCUT2D eigenvalue weighted by Crippen LogP contribution is 2.25. The molecule has 140 valence electrons. The van der Waals surface area contributed by atoms with Gasteiger partial charge in [-0.2, -0.15) is 5.10 Å². The van der Waals surface area contributed by atoms with Crippen molar-refractivity contribution in [2.24, 2.45) is 7.05 Å². The lowest BCUT2D eigenvalue weighted by Crippen LogP contribution is -2.54. The Morgan fingerprint density at radius 1 is 1.35 bits per heavy atom. The fraction of sp³-hybridized carbons (Fsp3) is 0.526. The number of β-amino-alcohol motifs (C(OH)–C–C–N with tert-alkyl or cyclic N) is 1. The van der Waals surface area contributed by atoms with Crippen molar-refractivity contribution in [3.63, 3.8) is 0 Å². The predicted octanol–water partition coefficient (Wildman–Crippen LogP) is 1.24. The number of nitrogens with zero attached hydrogens (tertiary/aromatic N) is 5. The van der Waals surface area contributed by atoms with Crippen molar-refractivity contribution in [1.29, 1.82) is 0 Å². The van der Waals surface area contributed by atoms with Gasteiger partial charge in [-0.05, 0) is 37.5 Å². The Bertz CT molecular complexity index is 733. The van der Waals surface area contributed by atoms with Crippen molar-refractivity contribution in [3.8, 4) is 0 Å². The van der Waals surface area contributed by atoms with Gasteiger partial charge in [0, 0.05) is 51.7 Å². The van der Waals surface area contributed by atoms with Gasteiger partial charge in [0.15, 0.2) is 0 Å². The maximum Gasteiger partial charge on any atom is 0.222 e. The molecule has 1 N–H and O–H groups in total. The third kappa shape index (κ3) is 4.40. The first kappa shape index (κ1) is 18.4. The highest BCUT2D eigenvalue weighted by atomic mass is 16.3. The summed E-state index contributed by atoms with van der Waals surface area (Å²) in [4.78, 5) is 20.6. The minimum absolute atomic E-state index is 0.0367. The van der Waals surface area contributed by atoms with Crippen LogP contribution in [-0.2, 0) is 18.3 Å². The number of pyridine rings is 1. The molecule has 7 nitrogen and oxygen atoms in total. The van der Waals surface area contributed by atoms with Crippen LogP contribution in [0.3, 0.4) is 0 Å². The van der Waals surface area contributed by atoms with Gasteiger partial charge in [-0.15, -0.1) is 0 Å². The Morgan fingerprint density at radius 3 is 2.88 bits per heavy atom. The van der Waals surface area contributed by atoms with Gasteiger partial charge in [0.2, 0.25) is 5.91 Å². The summed E-state index contributed by atoms with van der Waals surface area (Å²) in [6, 6.07) is 7.71. The van der Waals surface area contributed by atoms with Crippen LogP contribution in [0.2, 0.25) is 0 Å². The van der Waals surface area contributed by atoms with Crippen molar-refractivity contribution < 1.29 is 9.90 Å². The molecule has 1 aliphatic rings. The van der Waals surface area contributed by atoms with Gasteiger partial charge >= 0.3 is 0 Å².